The third-order valence-corrected chi connectivity index (χ3v) is 4.93. The minimum atomic E-state index is -2.61. The van der Waals surface area contributed by atoms with Gasteiger partial charge < -0.3 is 0 Å². The highest BCUT2D eigenvalue weighted by Crippen LogP contribution is 2.42. The van der Waals surface area contributed by atoms with Crippen molar-refractivity contribution in [3.8, 4) is 0 Å². The van der Waals surface area contributed by atoms with Gasteiger partial charge >= 0.3 is 8.25 Å². The van der Waals surface area contributed by atoms with Crippen molar-refractivity contribution in [2.45, 2.75) is 83.7 Å². The number of rotatable bonds is 13. The zero-order chi connectivity index (χ0) is 17.0. The van der Waals surface area contributed by atoms with Gasteiger partial charge in [-0.2, -0.15) is 0 Å². The molecule has 2 unspecified atom stereocenters. The van der Waals surface area contributed by atoms with E-state index in [0.29, 0.717) is 0 Å². The van der Waals surface area contributed by atoms with Crippen LogP contribution in [0.2, 0.25) is 0 Å². The topological polar surface area (TPSA) is 46.5 Å². The molecule has 1 aromatic rings. The highest BCUT2D eigenvalue weighted by atomic mass is 31.1. The number of benzene rings is 1. The molecule has 0 heterocycles. The minimum absolute atomic E-state index is 0.621. The lowest BCUT2D eigenvalue weighted by Crippen LogP contribution is -2.27. The van der Waals surface area contributed by atoms with E-state index in [2.05, 4.69) is 13.8 Å². The summed E-state index contributed by atoms with van der Waals surface area (Å²) in [5, 5.41) is 0. The second kappa shape index (κ2) is 11.7. The minimum Gasteiger partial charge on any atom is -0.133 e. The molecular weight excluding hydrogens is 307 g/mol. The van der Waals surface area contributed by atoms with Crippen LogP contribution >= 0.6 is 8.25 Å². The fourth-order valence-electron chi connectivity index (χ4n) is 3.10. The Labute approximate surface area is 142 Å². The Bertz CT molecular complexity index is 436. The molecule has 3 nitrogen and oxygen atoms in total. The smallest absolute Gasteiger partial charge is 0.133 e. The number of hydrogen-bond acceptors (Lipinski definition) is 2. The zero-order valence-electron chi connectivity index (χ0n) is 14.7. The summed E-state index contributed by atoms with van der Waals surface area (Å²) in [6, 6.07) is 9.96. The van der Waals surface area contributed by atoms with Gasteiger partial charge in [0.05, 0.1) is 0 Å². The van der Waals surface area contributed by atoms with E-state index in [0.717, 1.165) is 44.1 Å². The SMILES string of the molecule is CCCCCCCCC(CCCC)(O[P+](=O)O)c1ccccc1. The first-order valence-corrected chi connectivity index (χ1v) is 10.2. The molecule has 1 N–H and O–H groups in total. The van der Waals surface area contributed by atoms with Gasteiger partial charge in [-0.1, -0.05) is 95.5 Å². The molecule has 0 aromatic heterocycles. The van der Waals surface area contributed by atoms with E-state index in [9.17, 15) is 9.46 Å². The Morgan fingerprint density at radius 2 is 1.48 bits per heavy atom. The van der Waals surface area contributed by atoms with Gasteiger partial charge in [0.2, 0.25) is 0 Å². The molecule has 0 spiro atoms. The van der Waals surface area contributed by atoms with Crippen molar-refractivity contribution in [1.29, 1.82) is 0 Å². The van der Waals surface area contributed by atoms with Crippen molar-refractivity contribution < 1.29 is 14.0 Å². The van der Waals surface area contributed by atoms with Crippen LogP contribution in [0.4, 0.5) is 0 Å². The van der Waals surface area contributed by atoms with Gasteiger partial charge in [-0.25, -0.2) is 0 Å². The number of hydrogen-bond donors (Lipinski definition) is 1. The summed E-state index contributed by atoms with van der Waals surface area (Å²) in [6.45, 7) is 4.36. The van der Waals surface area contributed by atoms with Crippen molar-refractivity contribution in [3.63, 3.8) is 0 Å². The maximum absolute atomic E-state index is 11.5. The molecule has 1 aromatic carbocycles. The van der Waals surface area contributed by atoms with E-state index in [1.54, 1.807) is 0 Å². The fraction of sp³-hybridized carbons (Fsp3) is 0.684. The summed E-state index contributed by atoms with van der Waals surface area (Å²) < 4.78 is 17.1. The van der Waals surface area contributed by atoms with Gasteiger partial charge in [0, 0.05) is 4.57 Å². The Hall–Kier alpha value is -0.760. The third kappa shape index (κ3) is 7.56. The molecular formula is C19H32O3P+. The quantitative estimate of drug-likeness (QED) is 0.330. The first kappa shape index (κ1) is 20.3. The summed E-state index contributed by atoms with van der Waals surface area (Å²) in [7, 11) is -2.61. The second-order valence-corrected chi connectivity index (χ2v) is 6.97. The number of unbranched alkanes of at least 4 members (excludes halogenated alkanes) is 6. The van der Waals surface area contributed by atoms with Crippen molar-refractivity contribution in [2.75, 3.05) is 0 Å². The maximum atomic E-state index is 11.5. The van der Waals surface area contributed by atoms with Crippen LogP contribution in [0.3, 0.4) is 0 Å². The lowest BCUT2D eigenvalue weighted by atomic mass is 9.84. The van der Waals surface area contributed by atoms with E-state index < -0.39 is 13.9 Å². The second-order valence-electron chi connectivity index (χ2n) is 6.31. The highest BCUT2D eigenvalue weighted by Gasteiger charge is 2.41. The van der Waals surface area contributed by atoms with Gasteiger partial charge in [-0.15, -0.1) is 9.42 Å². The van der Waals surface area contributed by atoms with Crippen LogP contribution in [0, 0.1) is 0 Å². The van der Waals surface area contributed by atoms with E-state index in [1.165, 1.54) is 25.7 Å². The third-order valence-electron chi connectivity index (χ3n) is 4.42. The van der Waals surface area contributed by atoms with Crippen molar-refractivity contribution in [1.82, 2.24) is 0 Å². The average Bonchev–Trinajstić information content (AvgIpc) is 2.56. The molecule has 0 aliphatic rings. The molecule has 4 heteroatoms. The van der Waals surface area contributed by atoms with Crippen molar-refractivity contribution >= 4 is 8.25 Å². The van der Waals surface area contributed by atoms with Crippen LogP contribution in [0.5, 0.6) is 0 Å². The molecule has 23 heavy (non-hydrogen) atoms. The molecule has 0 aliphatic heterocycles. The Balaban J connectivity index is 2.78. The van der Waals surface area contributed by atoms with Crippen LogP contribution < -0.4 is 0 Å². The molecule has 0 radical (unpaired) electrons. The van der Waals surface area contributed by atoms with Crippen LogP contribution in [0.15, 0.2) is 30.3 Å². The predicted molar refractivity (Wildman–Crippen MR) is 96.5 cm³/mol. The summed E-state index contributed by atoms with van der Waals surface area (Å²) in [5.41, 5.74) is 0.406. The van der Waals surface area contributed by atoms with Gasteiger partial charge in [-0.3, -0.25) is 0 Å². The summed E-state index contributed by atoms with van der Waals surface area (Å²) in [5.74, 6) is 0. The lowest BCUT2D eigenvalue weighted by Gasteiger charge is -2.28. The molecule has 0 saturated heterocycles. The van der Waals surface area contributed by atoms with Crippen LogP contribution in [-0.2, 0) is 14.7 Å². The van der Waals surface area contributed by atoms with Gasteiger partial charge in [0.15, 0.2) is 5.60 Å². The van der Waals surface area contributed by atoms with Crippen LogP contribution in [0.1, 0.15) is 83.6 Å². The van der Waals surface area contributed by atoms with Crippen molar-refractivity contribution in [3.05, 3.63) is 35.9 Å². The zero-order valence-corrected chi connectivity index (χ0v) is 15.6. The van der Waals surface area contributed by atoms with Crippen LogP contribution in [0.25, 0.3) is 0 Å². The Kier molecular flexibility index (Phi) is 10.3. The molecule has 0 amide bonds. The Morgan fingerprint density at radius 3 is 2.09 bits per heavy atom. The molecule has 0 fully saturated rings. The molecule has 1 rings (SSSR count). The van der Waals surface area contributed by atoms with E-state index in [1.807, 2.05) is 30.3 Å². The van der Waals surface area contributed by atoms with Gasteiger partial charge in [0.25, 0.3) is 0 Å². The molecule has 0 bridgehead atoms. The predicted octanol–water partition coefficient (Wildman–Crippen LogP) is 6.49. The van der Waals surface area contributed by atoms with E-state index >= 15 is 0 Å². The van der Waals surface area contributed by atoms with Gasteiger partial charge in [-0.05, 0) is 18.4 Å². The summed E-state index contributed by atoms with van der Waals surface area (Å²) in [6.07, 6.45) is 10.9. The largest absolute Gasteiger partial charge is 0.695 e. The average molecular weight is 339 g/mol. The summed E-state index contributed by atoms with van der Waals surface area (Å²) >= 11 is 0. The monoisotopic (exact) mass is 339 g/mol. The molecule has 0 saturated carbocycles. The maximum Gasteiger partial charge on any atom is 0.695 e. The van der Waals surface area contributed by atoms with E-state index in [4.69, 9.17) is 4.52 Å². The van der Waals surface area contributed by atoms with Crippen molar-refractivity contribution in [2.24, 2.45) is 0 Å². The normalized spacial score (nSPS) is 14.5. The highest BCUT2D eigenvalue weighted by molar-refractivity contribution is 7.32. The van der Waals surface area contributed by atoms with Crippen LogP contribution in [-0.4, -0.2) is 4.89 Å². The fourth-order valence-corrected chi connectivity index (χ4v) is 3.69. The first-order valence-electron chi connectivity index (χ1n) is 9.05. The molecule has 2 atom stereocenters. The summed E-state index contributed by atoms with van der Waals surface area (Å²) in [4.78, 5) is 9.41. The molecule has 130 valence electrons. The first-order chi connectivity index (χ1) is 11.1. The Morgan fingerprint density at radius 1 is 0.913 bits per heavy atom. The standard InChI is InChI=1S/C19H31O3P/c1-3-5-7-8-9-13-17-19(16-6-4-2,22-23(20)21)18-14-11-10-12-15-18/h10-12,14-15H,3-9,13,16-17H2,1-2H3/p+1. The van der Waals surface area contributed by atoms with E-state index in [-0.39, 0.29) is 0 Å². The van der Waals surface area contributed by atoms with Gasteiger partial charge in [0.1, 0.15) is 0 Å². The molecule has 0 aliphatic carbocycles. The lowest BCUT2D eigenvalue weighted by molar-refractivity contribution is 0.0385.